The SMILES string of the molecule is COc1cc(OC)c(OC)cc1CNC(=O)c1sccc1C. The Morgan fingerprint density at radius 2 is 1.73 bits per heavy atom. The molecule has 0 aliphatic rings. The van der Waals surface area contributed by atoms with E-state index in [-0.39, 0.29) is 5.91 Å². The first-order chi connectivity index (χ1) is 10.6. The Hall–Kier alpha value is -2.21. The van der Waals surface area contributed by atoms with Crippen LogP contribution in [0.4, 0.5) is 0 Å². The van der Waals surface area contributed by atoms with Gasteiger partial charge < -0.3 is 19.5 Å². The predicted molar refractivity (Wildman–Crippen MR) is 86.3 cm³/mol. The molecule has 1 aromatic heterocycles. The molecule has 1 N–H and O–H groups in total. The minimum Gasteiger partial charge on any atom is -0.496 e. The number of benzene rings is 1. The van der Waals surface area contributed by atoms with Gasteiger partial charge >= 0.3 is 0 Å². The van der Waals surface area contributed by atoms with Crippen molar-refractivity contribution in [2.45, 2.75) is 13.5 Å². The minimum absolute atomic E-state index is 0.0932. The van der Waals surface area contributed by atoms with Crippen molar-refractivity contribution in [3.63, 3.8) is 0 Å². The predicted octanol–water partition coefficient (Wildman–Crippen LogP) is 3.01. The van der Waals surface area contributed by atoms with Gasteiger partial charge in [0.15, 0.2) is 11.5 Å². The van der Waals surface area contributed by atoms with Crippen LogP contribution in [-0.4, -0.2) is 27.2 Å². The van der Waals surface area contributed by atoms with Crippen molar-refractivity contribution in [1.82, 2.24) is 5.32 Å². The van der Waals surface area contributed by atoms with Crippen LogP contribution in [0.3, 0.4) is 0 Å². The molecule has 118 valence electrons. The monoisotopic (exact) mass is 321 g/mol. The zero-order valence-electron chi connectivity index (χ0n) is 13.1. The number of rotatable bonds is 6. The lowest BCUT2D eigenvalue weighted by molar-refractivity contribution is 0.0954. The van der Waals surface area contributed by atoms with E-state index in [1.807, 2.05) is 18.4 Å². The molecule has 0 saturated carbocycles. The van der Waals surface area contributed by atoms with Crippen LogP contribution in [-0.2, 0) is 6.54 Å². The van der Waals surface area contributed by atoms with E-state index in [4.69, 9.17) is 14.2 Å². The molecular weight excluding hydrogens is 302 g/mol. The second kappa shape index (κ2) is 7.17. The van der Waals surface area contributed by atoms with Gasteiger partial charge in [-0.1, -0.05) is 0 Å². The number of methoxy groups -OCH3 is 3. The fourth-order valence-electron chi connectivity index (χ4n) is 2.09. The Morgan fingerprint density at radius 3 is 2.27 bits per heavy atom. The molecule has 0 aliphatic heterocycles. The van der Waals surface area contributed by atoms with Gasteiger partial charge in [0, 0.05) is 18.2 Å². The van der Waals surface area contributed by atoms with E-state index in [9.17, 15) is 4.79 Å². The molecule has 0 unspecified atom stereocenters. The highest BCUT2D eigenvalue weighted by Crippen LogP contribution is 2.34. The highest BCUT2D eigenvalue weighted by Gasteiger charge is 2.14. The zero-order valence-corrected chi connectivity index (χ0v) is 13.9. The van der Waals surface area contributed by atoms with Gasteiger partial charge in [0.05, 0.1) is 26.2 Å². The van der Waals surface area contributed by atoms with Crippen molar-refractivity contribution in [3.05, 3.63) is 39.6 Å². The van der Waals surface area contributed by atoms with Crippen LogP contribution in [0.2, 0.25) is 0 Å². The van der Waals surface area contributed by atoms with E-state index in [1.54, 1.807) is 33.5 Å². The van der Waals surface area contributed by atoms with Crippen LogP contribution in [0.1, 0.15) is 20.8 Å². The smallest absolute Gasteiger partial charge is 0.261 e. The van der Waals surface area contributed by atoms with Crippen molar-refractivity contribution in [1.29, 1.82) is 0 Å². The highest BCUT2D eigenvalue weighted by molar-refractivity contribution is 7.12. The standard InChI is InChI=1S/C16H19NO4S/c1-10-5-6-22-15(10)16(18)17-9-11-7-13(20-3)14(21-4)8-12(11)19-2/h5-8H,9H2,1-4H3,(H,17,18). The first-order valence-electron chi connectivity index (χ1n) is 6.71. The number of amides is 1. The van der Waals surface area contributed by atoms with Crippen LogP contribution in [0, 0.1) is 6.92 Å². The van der Waals surface area contributed by atoms with Gasteiger partial charge in [-0.05, 0) is 30.0 Å². The number of hydrogen-bond acceptors (Lipinski definition) is 5. The van der Waals surface area contributed by atoms with Crippen LogP contribution in [0.15, 0.2) is 23.6 Å². The molecule has 0 fully saturated rings. The number of carbonyl (C=O) groups is 1. The average Bonchev–Trinajstić information content (AvgIpc) is 2.97. The third kappa shape index (κ3) is 3.33. The fraction of sp³-hybridized carbons (Fsp3) is 0.312. The lowest BCUT2D eigenvalue weighted by atomic mass is 10.1. The fourth-order valence-corrected chi connectivity index (χ4v) is 2.93. The summed E-state index contributed by atoms with van der Waals surface area (Å²) < 4.78 is 15.9. The summed E-state index contributed by atoms with van der Waals surface area (Å²) in [6, 6.07) is 5.48. The minimum atomic E-state index is -0.0932. The molecule has 0 saturated heterocycles. The Balaban J connectivity index is 2.18. The van der Waals surface area contributed by atoms with Crippen LogP contribution in [0.25, 0.3) is 0 Å². The molecule has 2 rings (SSSR count). The molecule has 1 amide bonds. The lowest BCUT2D eigenvalue weighted by Gasteiger charge is -2.14. The van der Waals surface area contributed by atoms with E-state index < -0.39 is 0 Å². The van der Waals surface area contributed by atoms with E-state index in [1.165, 1.54) is 11.3 Å². The Kier molecular flexibility index (Phi) is 5.27. The van der Waals surface area contributed by atoms with E-state index >= 15 is 0 Å². The quantitative estimate of drug-likeness (QED) is 0.888. The summed E-state index contributed by atoms with van der Waals surface area (Å²) >= 11 is 1.43. The van der Waals surface area contributed by atoms with Crippen molar-refractivity contribution in [2.75, 3.05) is 21.3 Å². The number of thiophene rings is 1. The number of hydrogen-bond donors (Lipinski definition) is 1. The maximum absolute atomic E-state index is 12.2. The van der Waals surface area contributed by atoms with Crippen molar-refractivity contribution in [3.8, 4) is 17.2 Å². The van der Waals surface area contributed by atoms with Crippen molar-refractivity contribution in [2.24, 2.45) is 0 Å². The highest BCUT2D eigenvalue weighted by atomic mass is 32.1. The van der Waals surface area contributed by atoms with Gasteiger partial charge in [0.25, 0.3) is 5.91 Å². The van der Waals surface area contributed by atoms with Crippen molar-refractivity contribution >= 4 is 17.2 Å². The number of carbonyl (C=O) groups excluding carboxylic acids is 1. The molecule has 6 heteroatoms. The number of ether oxygens (including phenoxy) is 3. The molecule has 0 radical (unpaired) electrons. The molecular formula is C16H19NO4S. The molecule has 1 aromatic carbocycles. The summed E-state index contributed by atoms with van der Waals surface area (Å²) in [6.07, 6.45) is 0. The largest absolute Gasteiger partial charge is 0.496 e. The molecule has 1 heterocycles. The Morgan fingerprint density at radius 1 is 1.09 bits per heavy atom. The molecule has 5 nitrogen and oxygen atoms in total. The average molecular weight is 321 g/mol. The molecule has 0 bridgehead atoms. The normalized spacial score (nSPS) is 10.2. The molecule has 22 heavy (non-hydrogen) atoms. The second-order valence-electron chi connectivity index (χ2n) is 4.63. The van der Waals surface area contributed by atoms with Gasteiger partial charge in [-0.15, -0.1) is 11.3 Å². The van der Waals surface area contributed by atoms with Gasteiger partial charge in [-0.25, -0.2) is 0 Å². The zero-order chi connectivity index (χ0) is 16.1. The molecule has 0 aliphatic carbocycles. The first kappa shape index (κ1) is 16.2. The van der Waals surface area contributed by atoms with Gasteiger partial charge in [-0.3, -0.25) is 4.79 Å². The molecule has 2 aromatic rings. The summed E-state index contributed by atoms with van der Waals surface area (Å²) in [5, 5.41) is 4.80. The van der Waals surface area contributed by atoms with E-state index in [0.29, 0.717) is 23.8 Å². The third-order valence-electron chi connectivity index (χ3n) is 3.29. The summed E-state index contributed by atoms with van der Waals surface area (Å²) in [4.78, 5) is 12.9. The second-order valence-corrected chi connectivity index (χ2v) is 5.55. The lowest BCUT2D eigenvalue weighted by Crippen LogP contribution is -2.22. The topological polar surface area (TPSA) is 56.8 Å². The summed E-state index contributed by atoms with van der Waals surface area (Å²) in [7, 11) is 4.72. The van der Waals surface area contributed by atoms with Gasteiger partial charge in [0.2, 0.25) is 0 Å². The van der Waals surface area contributed by atoms with Gasteiger partial charge in [0.1, 0.15) is 5.75 Å². The Bertz CT molecular complexity index is 666. The summed E-state index contributed by atoms with van der Waals surface area (Å²) in [5.74, 6) is 1.73. The molecule has 0 spiro atoms. The maximum Gasteiger partial charge on any atom is 0.261 e. The number of aryl methyl sites for hydroxylation is 1. The van der Waals surface area contributed by atoms with Crippen LogP contribution in [0.5, 0.6) is 17.2 Å². The number of nitrogens with one attached hydrogen (secondary N) is 1. The van der Waals surface area contributed by atoms with E-state index in [0.717, 1.165) is 16.0 Å². The van der Waals surface area contributed by atoms with Gasteiger partial charge in [-0.2, -0.15) is 0 Å². The third-order valence-corrected chi connectivity index (χ3v) is 4.31. The first-order valence-corrected chi connectivity index (χ1v) is 7.59. The van der Waals surface area contributed by atoms with E-state index in [2.05, 4.69) is 5.32 Å². The summed E-state index contributed by atoms with van der Waals surface area (Å²) in [5.41, 5.74) is 1.80. The van der Waals surface area contributed by atoms with Crippen LogP contribution < -0.4 is 19.5 Å². The maximum atomic E-state index is 12.2. The van der Waals surface area contributed by atoms with Crippen molar-refractivity contribution < 1.29 is 19.0 Å². The molecule has 0 atom stereocenters. The Labute approximate surface area is 133 Å². The van der Waals surface area contributed by atoms with Crippen LogP contribution >= 0.6 is 11.3 Å². The summed E-state index contributed by atoms with van der Waals surface area (Å²) in [6.45, 7) is 2.27.